The first kappa shape index (κ1) is 31.5. The Bertz CT molecular complexity index is 1610. The molecule has 43 heavy (non-hydrogen) atoms. The number of rotatable bonds is 13. The molecule has 0 aromatic heterocycles. The number of nitrogens with zero attached hydrogens (tertiary/aromatic N) is 2. The molecule has 1 atom stereocenters. The van der Waals surface area contributed by atoms with E-state index in [1.165, 1.54) is 17.0 Å². The maximum absolute atomic E-state index is 14.4. The number of benzene rings is 4. The SMILES string of the molecule is CCNC(=O)C(Cc1ccccc1)N(Cc1cccc(C)c1)C(=O)CN(c1ccc(CC)cc1)S(=O)(=O)c1ccccc1. The van der Waals surface area contributed by atoms with Gasteiger partial charge in [0, 0.05) is 19.5 Å². The Balaban J connectivity index is 1.79. The van der Waals surface area contributed by atoms with Crippen molar-refractivity contribution < 1.29 is 18.0 Å². The molecule has 2 amide bonds. The molecule has 0 saturated heterocycles. The number of aryl methyl sites for hydroxylation is 2. The second kappa shape index (κ2) is 14.6. The quantitative estimate of drug-likeness (QED) is 0.220. The molecule has 224 valence electrons. The highest BCUT2D eigenvalue weighted by Gasteiger charge is 2.34. The van der Waals surface area contributed by atoms with Crippen molar-refractivity contribution in [1.29, 1.82) is 0 Å². The molecular formula is C35H39N3O4S. The van der Waals surface area contributed by atoms with E-state index in [0.717, 1.165) is 33.0 Å². The van der Waals surface area contributed by atoms with Crippen molar-refractivity contribution in [3.05, 3.63) is 131 Å². The maximum Gasteiger partial charge on any atom is 0.264 e. The van der Waals surface area contributed by atoms with Gasteiger partial charge in [0.25, 0.3) is 10.0 Å². The van der Waals surface area contributed by atoms with Gasteiger partial charge < -0.3 is 10.2 Å². The van der Waals surface area contributed by atoms with Crippen molar-refractivity contribution in [2.45, 2.75) is 51.1 Å². The minimum absolute atomic E-state index is 0.0807. The normalized spacial score (nSPS) is 11.9. The summed E-state index contributed by atoms with van der Waals surface area (Å²) < 4.78 is 29.2. The number of sulfonamides is 1. The van der Waals surface area contributed by atoms with Gasteiger partial charge in [-0.05, 0) is 61.2 Å². The van der Waals surface area contributed by atoms with E-state index in [0.29, 0.717) is 12.2 Å². The molecule has 0 aliphatic heterocycles. The molecule has 4 rings (SSSR count). The summed E-state index contributed by atoms with van der Waals surface area (Å²) in [6.07, 6.45) is 1.07. The fraction of sp³-hybridized carbons (Fsp3) is 0.257. The standard InChI is InChI=1S/C35H39N3O4S/c1-4-28-19-21-31(22-20-28)38(43(41,42)32-17-10-7-11-18-32)26-34(39)37(25-30-16-12-13-27(3)23-30)33(35(40)36-5-2)24-29-14-8-6-9-15-29/h6-23,33H,4-5,24-26H2,1-3H3,(H,36,40). The van der Waals surface area contributed by atoms with Crippen LogP contribution in [-0.4, -0.2) is 44.3 Å². The van der Waals surface area contributed by atoms with Crippen molar-refractivity contribution in [3.63, 3.8) is 0 Å². The highest BCUT2D eigenvalue weighted by Crippen LogP contribution is 2.25. The lowest BCUT2D eigenvalue weighted by atomic mass is 10.0. The Kier molecular flexibility index (Phi) is 10.7. The van der Waals surface area contributed by atoms with Crippen LogP contribution < -0.4 is 9.62 Å². The van der Waals surface area contributed by atoms with E-state index in [4.69, 9.17) is 0 Å². The predicted octanol–water partition coefficient (Wildman–Crippen LogP) is 5.53. The Hall–Kier alpha value is -4.43. The maximum atomic E-state index is 14.4. The predicted molar refractivity (Wildman–Crippen MR) is 171 cm³/mol. The Morgan fingerprint density at radius 1 is 0.767 bits per heavy atom. The minimum Gasteiger partial charge on any atom is -0.355 e. The van der Waals surface area contributed by atoms with Crippen LogP contribution >= 0.6 is 0 Å². The third kappa shape index (κ3) is 8.11. The van der Waals surface area contributed by atoms with Crippen molar-refractivity contribution >= 4 is 27.5 Å². The average Bonchev–Trinajstić information content (AvgIpc) is 3.02. The summed E-state index contributed by atoms with van der Waals surface area (Å²) in [7, 11) is -4.11. The number of carbonyl (C=O) groups excluding carboxylic acids is 2. The first-order valence-electron chi connectivity index (χ1n) is 14.6. The van der Waals surface area contributed by atoms with Crippen LogP contribution in [0.25, 0.3) is 0 Å². The summed E-state index contributed by atoms with van der Waals surface area (Å²) in [6, 6.07) is 31.7. The fourth-order valence-electron chi connectivity index (χ4n) is 5.00. The Morgan fingerprint density at radius 2 is 1.40 bits per heavy atom. The van der Waals surface area contributed by atoms with Gasteiger partial charge in [0.2, 0.25) is 11.8 Å². The van der Waals surface area contributed by atoms with Crippen molar-refractivity contribution in [2.75, 3.05) is 17.4 Å². The highest BCUT2D eigenvalue weighted by atomic mass is 32.2. The van der Waals surface area contributed by atoms with Gasteiger partial charge in [-0.3, -0.25) is 13.9 Å². The third-order valence-corrected chi connectivity index (χ3v) is 9.09. The van der Waals surface area contributed by atoms with Crippen LogP contribution in [0.2, 0.25) is 0 Å². The molecule has 4 aromatic rings. The number of anilines is 1. The summed E-state index contributed by atoms with van der Waals surface area (Å²) >= 11 is 0. The molecule has 0 bridgehead atoms. The molecule has 0 aliphatic rings. The van der Waals surface area contributed by atoms with Gasteiger partial charge in [-0.2, -0.15) is 0 Å². The van der Waals surface area contributed by atoms with Gasteiger partial charge in [-0.1, -0.05) is 97.4 Å². The topological polar surface area (TPSA) is 86.8 Å². The van der Waals surface area contributed by atoms with Gasteiger partial charge in [0.1, 0.15) is 12.6 Å². The highest BCUT2D eigenvalue weighted by molar-refractivity contribution is 7.92. The number of hydrogen-bond acceptors (Lipinski definition) is 4. The van der Waals surface area contributed by atoms with Crippen LogP contribution in [0, 0.1) is 6.92 Å². The number of carbonyl (C=O) groups is 2. The molecule has 7 nitrogen and oxygen atoms in total. The molecule has 1 unspecified atom stereocenters. The van der Waals surface area contributed by atoms with Gasteiger partial charge in [-0.25, -0.2) is 8.42 Å². The van der Waals surface area contributed by atoms with Crippen LogP contribution in [0.4, 0.5) is 5.69 Å². The largest absolute Gasteiger partial charge is 0.355 e. The van der Waals surface area contributed by atoms with Crippen LogP contribution in [0.3, 0.4) is 0 Å². The monoisotopic (exact) mass is 597 g/mol. The van der Waals surface area contributed by atoms with Crippen molar-refractivity contribution in [3.8, 4) is 0 Å². The molecule has 8 heteroatoms. The van der Waals surface area contributed by atoms with Gasteiger partial charge in [-0.15, -0.1) is 0 Å². The molecule has 0 radical (unpaired) electrons. The lowest BCUT2D eigenvalue weighted by molar-refractivity contribution is -0.140. The van der Waals surface area contributed by atoms with E-state index in [2.05, 4.69) is 5.32 Å². The third-order valence-electron chi connectivity index (χ3n) is 7.30. The van der Waals surface area contributed by atoms with Gasteiger partial charge in [0.05, 0.1) is 10.6 Å². The summed E-state index contributed by atoms with van der Waals surface area (Å²) in [5.41, 5.74) is 4.19. The molecule has 0 fully saturated rings. The molecule has 0 spiro atoms. The van der Waals surface area contributed by atoms with Gasteiger partial charge >= 0.3 is 0 Å². The zero-order valence-electron chi connectivity index (χ0n) is 24.9. The van der Waals surface area contributed by atoms with Crippen LogP contribution in [0.1, 0.15) is 36.1 Å². The van der Waals surface area contributed by atoms with E-state index in [1.807, 2.05) is 87.5 Å². The van der Waals surface area contributed by atoms with E-state index >= 15 is 0 Å². The summed E-state index contributed by atoms with van der Waals surface area (Å²) in [5.74, 6) is -0.773. The molecule has 1 N–H and O–H groups in total. The number of hydrogen-bond donors (Lipinski definition) is 1. The summed E-state index contributed by atoms with van der Waals surface area (Å²) in [6.45, 7) is 5.89. The van der Waals surface area contributed by atoms with Crippen molar-refractivity contribution in [2.24, 2.45) is 0 Å². The fourth-order valence-corrected chi connectivity index (χ4v) is 6.43. The Morgan fingerprint density at radius 3 is 2.00 bits per heavy atom. The second-order valence-corrected chi connectivity index (χ2v) is 12.3. The van der Waals surface area contributed by atoms with Crippen LogP contribution in [0.5, 0.6) is 0 Å². The average molecular weight is 598 g/mol. The first-order chi connectivity index (χ1) is 20.7. The van der Waals surface area contributed by atoms with Crippen molar-refractivity contribution in [1.82, 2.24) is 10.2 Å². The molecule has 0 heterocycles. The Labute approximate surface area is 255 Å². The molecule has 0 aliphatic carbocycles. The second-order valence-electron chi connectivity index (χ2n) is 10.5. The summed E-state index contributed by atoms with van der Waals surface area (Å²) in [5, 5.41) is 2.89. The lowest BCUT2D eigenvalue weighted by Gasteiger charge is -2.34. The van der Waals surface area contributed by atoms with Gasteiger partial charge in [0.15, 0.2) is 0 Å². The zero-order chi connectivity index (χ0) is 30.8. The number of nitrogens with one attached hydrogen (secondary N) is 1. The number of amides is 2. The first-order valence-corrected chi connectivity index (χ1v) is 16.0. The molecular weight excluding hydrogens is 558 g/mol. The van der Waals surface area contributed by atoms with E-state index in [-0.39, 0.29) is 23.8 Å². The number of likely N-dealkylation sites (N-methyl/N-ethyl adjacent to an activating group) is 1. The smallest absolute Gasteiger partial charge is 0.264 e. The lowest BCUT2D eigenvalue weighted by Crippen LogP contribution is -2.53. The van der Waals surface area contributed by atoms with Crippen LogP contribution in [0.15, 0.2) is 114 Å². The zero-order valence-corrected chi connectivity index (χ0v) is 25.8. The van der Waals surface area contributed by atoms with Crippen LogP contribution in [-0.2, 0) is 39.0 Å². The summed E-state index contributed by atoms with van der Waals surface area (Å²) in [4.78, 5) is 29.6. The molecule has 4 aromatic carbocycles. The van der Waals surface area contributed by atoms with E-state index in [9.17, 15) is 18.0 Å². The van der Waals surface area contributed by atoms with E-state index in [1.54, 1.807) is 30.3 Å². The minimum atomic E-state index is -4.11. The molecule has 0 saturated carbocycles. The van der Waals surface area contributed by atoms with E-state index < -0.39 is 28.5 Å².